The van der Waals surface area contributed by atoms with Gasteiger partial charge in [0.25, 0.3) is 5.91 Å². The summed E-state index contributed by atoms with van der Waals surface area (Å²) >= 11 is 0. The van der Waals surface area contributed by atoms with Gasteiger partial charge in [0.2, 0.25) is 0 Å². The lowest BCUT2D eigenvalue weighted by Gasteiger charge is -2.19. The fraction of sp³-hybridized carbons (Fsp3) is 0.385. The van der Waals surface area contributed by atoms with Crippen molar-refractivity contribution in [1.82, 2.24) is 4.90 Å². The van der Waals surface area contributed by atoms with Gasteiger partial charge in [-0.3, -0.25) is 4.79 Å². The number of amides is 1. The molecular weight excluding hydrogens is 219 g/mol. The summed E-state index contributed by atoms with van der Waals surface area (Å²) < 4.78 is 13.1. The molecule has 1 unspecified atom stereocenters. The summed E-state index contributed by atoms with van der Waals surface area (Å²) in [6.45, 7) is 2.23. The van der Waals surface area contributed by atoms with Crippen LogP contribution in [0.5, 0.6) is 0 Å². The zero-order valence-electron chi connectivity index (χ0n) is 9.61. The van der Waals surface area contributed by atoms with Gasteiger partial charge >= 0.3 is 0 Å². The maximum Gasteiger partial charge on any atom is 0.254 e. The molecule has 0 aliphatic carbocycles. The predicted octanol–water partition coefficient (Wildman–Crippen LogP) is 2.26. The average Bonchev–Trinajstić information content (AvgIpc) is 2.80. The molecule has 1 aliphatic heterocycles. The Bertz CT molecular complexity index is 493. The van der Waals surface area contributed by atoms with Gasteiger partial charge in [0, 0.05) is 12.1 Å². The molecule has 0 bridgehead atoms. The second kappa shape index (κ2) is 4.54. The molecule has 1 amide bonds. The Hall–Kier alpha value is -1.89. The molecule has 1 saturated heterocycles. The first-order valence-corrected chi connectivity index (χ1v) is 5.60. The van der Waals surface area contributed by atoms with E-state index in [2.05, 4.69) is 6.07 Å². The number of likely N-dealkylation sites (tertiary alicyclic amines) is 1. The van der Waals surface area contributed by atoms with Crippen molar-refractivity contribution in [1.29, 1.82) is 5.26 Å². The average molecular weight is 232 g/mol. The highest BCUT2D eigenvalue weighted by Gasteiger charge is 2.29. The lowest BCUT2D eigenvalue weighted by atomic mass is 10.1. The molecule has 1 atom stereocenters. The van der Waals surface area contributed by atoms with E-state index in [-0.39, 0.29) is 17.8 Å². The highest BCUT2D eigenvalue weighted by atomic mass is 19.1. The van der Waals surface area contributed by atoms with Gasteiger partial charge in [-0.15, -0.1) is 0 Å². The van der Waals surface area contributed by atoms with Crippen LogP contribution in [0.2, 0.25) is 0 Å². The van der Waals surface area contributed by atoms with E-state index in [1.165, 1.54) is 18.2 Å². The fourth-order valence-corrected chi connectivity index (χ4v) is 2.09. The summed E-state index contributed by atoms with van der Waals surface area (Å²) in [5, 5.41) is 8.93. The monoisotopic (exact) mass is 232 g/mol. The molecule has 0 N–H and O–H groups in total. The van der Waals surface area contributed by atoms with Crippen LogP contribution < -0.4 is 0 Å². The quantitative estimate of drug-likeness (QED) is 0.745. The van der Waals surface area contributed by atoms with E-state index in [1.807, 2.05) is 0 Å². The van der Waals surface area contributed by atoms with E-state index in [0.717, 1.165) is 12.8 Å². The number of hydrogen-bond donors (Lipinski definition) is 0. The Morgan fingerprint density at radius 3 is 3.00 bits per heavy atom. The molecule has 4 heteroatoms. The first kappa shape index (κ1) is 11.6. The topological polar surface area (TPSA) is 44.1 Å². The molecule has 3 nitrogen and oxygen atoms in total. The Labute approximate surface area is 99.5 Å². The van der Waals surface area contributed by atoms with Crippen molar-refractivity contribution < 1.29 is 9.18 Å². The van der Waals surface area contributed by atoms with Crippen molar-refractivity contribution in [2.45, 2.75) is 25.8 Å². The van der Waals surface area contributed by atoms with Crippen LogP contribution in [-0.2, 0) is 0 Å². The van der Waals surface area contributed by atoms with Crippen LogP contribution in [0.3, 0.4) is 0 Å². The molecule has 1 fully saturated rings. The lowest BCUT2D eigenvalue weighted by molar-refractivity contribution is 0.0764. The second-order valence-electron chi connectivity index (χ2n) is 4.25. The minimum Gasteiger partial charge on any atom is -0.323 e. The van der Waals surface area contributed by atoms with Crippen molar-refractivity contribution >= 4 is 5.91 Å². The minimum absolute atomic E-state index is 0.183. The second-order valence-corrected chi connectivity index (χ2v) is 4.25. The van der Waals surface area contributed by atoms with Crippen LogP contribution in [0.4, 0.5) is 4.39 Å². The number of carbonyl (C=O) groups is 1. The van der Waals surface area contributed by atoms with E-state index >= 15 is 0 Å². The molecule has 0 spiro atoms. The Balaban J connectivity index is 2.25. The van der Waals surface area contributed by atoms with Crippen molar-refractivity contribution in [3.8, 4) is 6.07 Å². The summed E-state index contributed by atoms with van der Waals surface area (Å²) in [6, 6.07) is 6.08. The summed E-state index contributed by atoms with van der Waals surface area (Å²) in [5.74, 6) is -0.503. The molecule has 1 heterocycles. The number of rotatable bonds is 1. The van der Waals surface area contributed by atoms with E-state index < -0.39 is 0 Å². The minimum atomic E-state index is -0.340. The standard InChI is InChI=1S/C13H13FN2O/c1-9-7-10(4-5-12(9)14)13(17)16-6-2-3-11(16)8-15/h4-5,7,11H,2-3,6H2,1H3. The number of aryl methyl sites for hydroxylation is 1. The third-order valence-electron chi connectivity index (χ3n) is 3.07. The van der Waals surface area contributed by atoms with E-state index in [1.54, 1.807) is 11.8 Å². The molecule has 17 heavy (non-hydrogen) atoms. The molecule has 1 aliphatic rings. The number of halogens is 1. The normalized spacial score (nSPS) is 19.1. The van der Waals surface area contributed by atoms with Crippen LogP contribution in [0.25, 0.3) is 0 Å². The van der Waals surface area contributed by atoms with Crippen LogP contribution in [0, 0.1) is 24.1 Å². The van der Waals surface area contributed by atoms with Crippen molar-refractivity contribution in [2.24, 2.45) is 0 Å². The number of hydrogen-bond acceptors (Lipinski definition) is 2. The fourth-order valence-electron chi connectivity index (χ4n) is 2.09. The number of benzene rings is 1. The predicted molar refractivity (Wildman–Crippen MR) is 60.8 cm³/mol. The molecule has 1 aromatic rings. The van der Waals surface area contributed by atoms with Gasteiger partial charge in [0.05, 0.1) is 6.07 Å². The smallest absolute Gasteiger partial charge is 0.254 e. The van der Waals surface area contributed by atoms with Crippen molar-refractivity contribution in [2.75, 3.05) is 6.54 Å². The van der Waals surface area contributed by atoms with Gasteiger partial charge in [-0.25, -0.2) is 4.39 Å². The van der Waals surface area contributed by atoms with Gasteiger partial charge in [-0.1, -0.05) is 0 Å². The highest BCUT2D eigenvalue weighted by molar-refractivity contribution is 5.95. The zero-order chi connectivity index (χ0) is 12.4. The molecular formula is C13H13FN2O. The maximum atomic E-state index is 13.1. The van der Waals surface area contributed by atoms with Gasteiger partial charge in [0.1, 0.15) is 11.9 Å². The van der Waals surface area contributed by atoms with Crippen LogP contribution >= 0.6 is 0 Å². The van der Waals surface area contributed by atoms with Gasteiger partial charge in [0.15, 0.2) is 0 Å². The highest BCUT2D eigenvalue weighted by Crippen LogP contribution is 2.20. The number of carbonyl (C=O) groups excluding carboxylic acids is 1. The largest absolute Gasteiger partial charge is 0.323 e. The third-order valence-corrected chi connectivity index (χ3v) is 3.07. The Morgan fingerprint density at radius 1 is 1.59 bits per heavy atom. The van der Waals surface area contributed by atoms with Crippen molar-refractivity contribution in [3.63, 3.8) is 0 Å². The Kier molecular flexibility index (Phi) is 3.10. The Morgan fingerprint density at radius 2 is 2.35 bits per heavy atom. The number of nitriles is 1. The van der Waals surface area contributed by atoms with Crippen molar-refractivity contribution in [3.05, 3.63) is 35.1 Å². The first-order chi connectivity index (χ1) is 8.13. The molecule has 88 valence electrons. The molecule has 0 saturated carbocycles. The van der Waals surface area contributed by atoms with Crippen LogP contribution in [-0.4, -0.2) is 23.4 Å². The first-order valence-electron chi connectivity index (χ1n) is 5.60. The van der Waals surface area contributed by atoms with Crippen LogP contribution in [0.15, 0.2) is 18.2 Å². The summed E-state index contributed by atoms with van der Waals surface area (Å²) in [6.07, 6.45) is 1.58. The maximum absolute atomic E-state index is 13.1. The van der Waals surface area contributed by atoms with Gasteiger partial charge in [-0.05, 0) is 43.5 Å². The van der Waals surface area contributed by atoms with E-state index in [9.17, 15) is 9.18 Å². The molecule has 0 aromatic heterocycles. The van der Waals surface area contributed by atoms with E-state index in [0.29, 0.717) is 17.7 Å². The lowest BCUT2D eigenvalue weighted by Crippen LogP contribution is -2.34. The van der Waals surface area contributed by atoms with Gasteiger partial charge in [-0.2, -0.15) is 5.26 Å². The zero-order valence-corrected chi connectivity index (χ0v) is 9.61. The van der Waals surface area contributed by atoms with E-state index in [4.69, 9.17) is 5.26 Å². The molecule has 1 aromatic carbocycles. The number of nitrogens with zero attached hydrogens (tertiary/aromatic N) is 2. The molecule has 0 radical (unpaired) electrons. The summed E-state index contributed by atoms with van der Waals surface area (Å²) in [5.41, 5.74) is 0.898. The van der Waals surface area contributed by atoms with Crippen LogP contribution in [0.1, 0.15) is 28.8 Å². The SMILES string of the molecule is Cc1cc(C(=O)N2CCCC2C#N)ccc1F. The molecule has 2 rings (SSSR count). The third kappa shape index (κ3) is 2.14. The van der Waals surface area contributed by atoms with Gasteiger partial charge < -0.3 is 4.90 Å². The summed E-state index contributed by atoms with van der Waals surface area (Å²) in [7, 11) is 0. The summed E-state index contributed by atoms with van der Waals surface area (Å²) in [4.78, 5) is 13.7.